The fourth-order valence-corrected chi connectivity index (χ4v) is 2.26. The van der Waals surface area contributed by atoms with E-state index in [4.69, 9.17) is 16.3 Å². The second-order valence-electron chi connectivity index (χ2n) is 5.93. The average Bonchev–Trinajstić information content (AvgIpc) is 2.34. The van der Waals surface area contributed by atoms with Crippen molar-refractivity contribution in [1.82, 2.24) is 15.3 Å². The van der Waals surface area contributed by atoms with Crippen LogP contribution in [0.3, 0.4) is 0 Å². The van der Waals surface area contributed by atoms with Crippen LogP contribution in [0.15, 0.2) is 0 Å². The largest absolute Gasteiger partial charge is 0.459 e. The summed E-state index contributed by atoms with van der Waals surface area (Å²) in [6, 6.07) is -0.765. The van der Waals surface area contributed by atoms with Gasteiger partial charge in [0.2, 0.25) is 5.82 Å². The molecule has 0 aliphatic carbocycles. The highest BCUT2D eigenvalue weighted by Gasteiger charge is 2.38. The molecule has 0 spiro atoms. The van der Waals surface area contributed by atoms with Crippen LogP contribution in [0.25, 0.3) is 0 Å². The zero-order chi connectivity index (χ0) is 16.7. The molecule has 5 nitrogen and oxygen atoms in total. The van der Waals surface area contributed by atoms with Gasteiger partial charge >= 0.3 is 12.1 Å². The molecular weight excluding hydrogens is 323 g/mol. The van der Waals surface area contributed by atoms with Gasteiger partial charge in [0, 0.05) is 18.5 Å². The minimum atomic E-state index is -4.69. The van der Waals surface area contributed by atoms with Crippen molar-refractivity contribution < 1.29 is 22.7 Å². The van der Waals surface area contributed by atoms with Gasteiger partial charge in [-0.2, -0.15) is 13.2 Å². The number of esters is 1. The Bertz CT molecular complexity index is 599. The Morgan fingerprint density at radius 3 is 2.50 bits per heavy atom. The molecule has 1 unspecified atom stereocenters. The lowest BCUT2D eigenvalue weighted by atomic mass is 10.0. The van der Waals surface area contributed by atoms with Gasteiger partial charge in [-0.3, -0.25) is 10.1 Å². The van der Waals surface area contributed by atoms with Gasteiger partial charge in [-0.25, -0.2) is 9.97 Å². The van der Waals surface area contributed by atoms with E-state index in [1.807, 2.05) is 0 Å². The first-order chi connectivity index (χ1) is 9.97. The Morgan fingerprint density at radius 2 is 1.95 bits per heavy atom. The van der Waals surface area contributed by atoms with Gasteiger partial charge < -0.3 is 4.74 Å². The zero-order valence-corrected chi connectivity index (χ0v) is 13.0. The molecule has 1 aromatic rings. The molecule has 9 heteroatoms. The van der Waals surface area contributed by atoms with Gasteiger partial charge in [-0.15, -0.1) is 0 Å². The van der Waals surface area contributed by atoms with E-state index >= 15 is 0 Å². The van der Waals surface area contributed by atoms with Crippen LogP contribution in [0.5, 0.6) is 0 Å². The third-order valence-electron chi connectivity index (χ3n) is 2.91. The number of aromatic nitrogens is 2. The molecule has 2 rings (SSSR count). The first kappa shape index (κ1) is 17.0. The molecule has 0 saturated carbocycles. The molecular formula is C13H15ClF3N3O2. The molecule has 122 valence electrons. The number of hydrogen-bond donors (Lipinski definition) is 1. The third-order valence-corrected chi connectivity index (χ3v) is 3.22. The summed E-state index contributed by atoms with van der Waals surface area (Å²) < 4.78 is 43.4. The van der Waals surface area contributed by atoms with E-state index in [9.17, 15) is 18.0 Å². The van der Waals surface area contributed by atoms with Crippen LogP contribution in [0.4, 0.5) is 13.2 Å². The summed E-state index contributed by atoms with van der Waals surface area (Å²) in [5, 5.41) is 2.62. The highest BCUT2D eigenvalue weighted by Crippen LogP contribution is 2.30. The molecule has 0 radical (unpaired) electrons. The lowest BCUT2D eigenvalue weighted by Gasteiger charge is -2.28. The maximum atomic E-state index is 12.7. The van der Waals surface area contributed by atoms with Crippen LogP contribution in [-0.2, 0) is 28.7 Å². The molecule has 2 heterocycles. The quantitative estimate of drug-likeness (QED) is 0.630. The molecule has 22 heavy (non-hydrogen) atoms. The van der Waals surface area contributed by atoms with Crippen molar-refractivity contribution in [2.75, 3.05) is 0 Å². The van der Waals surface area contributed by atoms with E-state index in [1.54, 1.807) is 20.8 Å². The maximum Gasteiger partial charge on any atom is 0.451 e. The van der Waals surface area contributed by atoms with Crippen LogP contribution in [-0.4, -0.2) is 27.6 Å². The predicted molar refractivity (Wildman–Crippen MR) is 72.2 cm³/mol. The van der Waals surface area contributed by atoms with Gasteiger partial charge in [0.15, 0.2) is 0 Å². The van der Waals surface area contributed by atoms with Crippen molar-refractivity contribution in [3.63, 3.8) is 0 Å². The second-order valence-corrected chi connectivity index (χ2v) is 6.29. The predicted octanol–water partition coefficient (Wildman–Crippen LogP) is 2.50. The van der Waals surface area contributed by atoms with Gasteiger partial charge in [0.1, 0.15) is 16.8 Å². The van der Waals surface area contributed by atoms with Crippen LogP contribution in [0.1, 0.15) is 37.9 Å². The zero-order valence-electron chi connectivity index (χ0n) is 12.2. The first-order valence-corrected chi connectivity index (χ1v) is 6.94. The number of carbonyl (C=O) groups excluding carboxylic acids is 1. The minimum absolute atomic E-state index is 0.0322. The topological polar surface area (TPSA) is 64.1 Å². The lowest BCUT2D eigenvalue weighted by Crippen LogP contribution is -2.45. The Morgan fingerprint density at radius 1 is 1.32 bits per heavy atom. The van der Waals surface area contributed by atoms with Gasteiger partial charge in [-0.1, -0.05) is 11.6 Å². The molecule has 1 aliphatic heterocycles. The number of ether oxygens (including phenoxy) is 1. The molecule has 1 atom stereocenters. The SMILES string of the molecule is CC(C)(C)OC(=O)C1Cc2nc(C(F)(F)F)nc(Cl)c2CN1. The number of nitrogens with zero attached hydrogens (tertiary/aromatic N) is 2. The van der Waals surface area contributed by atoms with Gasteiger partial charge in [0.05, 0.1) is 5.69 Å². The Labute approximate surface area is 130 Å². The van der Waals surface area contributed by atoms with Crippen molar-refractivity contribution in [2.45, 2.75) is 51.6 Å². The van der Waals surface area contributed by atoms with Crippen molar-refractivity contribution in [3.8, 4) is 0 Å². The number of hydrogen-bond acceptors (Lipinski definition) is 5. The standard InChI is InChI=1S/C13H15ClF3N3O2/c1-12(2,3)22-10(21)8-4-7-6(5-18-8)9(14)20-11(19-7)13(15,16)17/h8,18H,4-5H2,1-3H3. The van der Waals surface area contributed by atoms with Crippen LogP contribution in [0, 0.1) is 0 Å². The van der Waals surface area contributed by atoms with Crippen molar-refractivity contribution in [2.24, 2.45) is 0 Å². The van der Waals surface area contributed by atoms with Crippen LogP contribution < -0.4 is 5.32 Å². The van der Waals surface area contributed by atoms with Crippen molar-refractivity contribution >= 4 is 17.6 Å². The Hall–Kier alpha value is -1.41. The van der Waals surface area contributed by atoms with E-state index in [2.05, 4.69) is 15.3 Å². The summed E-state index contributed by atoms with van der Waals surface area (Å²) in [4.78, 5) is 18.8. The molecule has 0 saturated heterocycles. The van der Waals surface area contributed by atoms with E-state index < -0.39 is 29.6 Å². The summed E-state index contributed by atoms with van der Waals surface area (Å²) in [6.45, 7) is 5.24. The normalized spacial score (nSPS) is 18.8. The highest BCUT2D eigenvalue weighted by atomic mass is 35.5. The monoisotopic (exact) mass is 337 g/mol. The van der Waals surface area contributed by atoms with Crippen molar-refractivity contribution in [1.29, 1.82) is 0 Å². The van der Waals surface area contributed by atoms with E-state index in [-0.39, 0.29) is 23.8 Å². The van der Waals surface area contributed by atoms with E-state index in [0.29, 0.717) is 5.56 Å². The number of nitrogens with one attached hydrogen (secondary N) is 1. The molecule has 1 aliphatic rings. The highest BCUT2D eigenvalue weighted by molar-refractivity contribution is 6.30. The molecule has 0 aromatic carbocycles. The molecule has 0 amide bonds. The molecule has 1 N–H and O–H groups in total. The number of rotatable bonds is 1. The van der Waals surface area contributed by atoms with E-state index in [0.717, 1.165) is 0 Å². The summed E-state index contributed by atoms with van der Waals surface area (Å²) in [5.41, 5.74) is -0.198. The van der Waals surface area contributed by atoms with Crippen LogP contribution >= 0.6 is 11.6 Å². The average molecular weight is 338 g/mol. The number of carbonyl (C=O) groups is 1. The molecule has 0 bridgehead atoms. The Kier molecular flexibility index (Phi) is 4.36. The number of halogens is 4. The summed E-state index contributed by atoms with van der Waals surface area (Å²) in [5.74, 6) is -1.84. The lowest BCUT2D eigenvalue weighted by molar-refractivity contribution is -0.157. The summed E-state index contributed by atoms with van der Waals surface area (Å²) in [6.07, 6.45) is -4.72. The smallest absolute Gasteiger partial charge is 0.451 e. The Balaban J connectivity index is 2.26. The summed E-state index contributed by atoms with van der Waals surface area (Å²) in [7, 11) is 0. The third kappa shape index (κ3) is 3.86. The number of fused-ring (bicyclic) bond motifs is 1. The minimum Gasteiger partial charge on any atom is -0.459 e. The maximum absolute atomic E-state index is 12.7. The molecule has 1 aromatic heterocycles. The van der Waals surface area contributed by atoms with E-state index in [1.165, 1.54) is 0 Å². The molecule has 0 fully saturated rings. The fourth-order valence-electron chi connectivity index (χ4n) is 2.00. The van der Waals surface area contributed by atoms with Gasteiger partial charge in [-0.05, 0) is 20.8 Å². The van der Waals surface area contributed by atoms with Crippen LogP contribution in [0.2, 0.25) is 5.15 Å². The first-order valence-electron chi connectivity index (χ1n) is 6.56. The number of alkyl halides is 3. The van der Waals surface area contributed by atoms with Crippen molar-refractivity contribution in [3.05, 3.63) is 22.2 Å². The second kappa shape index (κ2) is 5.66. The fraction of sp³-hybridized carbons (Fsp3) is 0.615. The summed E-state index contributed by atoms with van der Waals surface area (Å²) >= 11 is 5.78. The van der Waals surface area contributed by atoms with Gasteiger partial charge in [0.25, 0.3) is 0 Å².